The van der Waals surface area contributed by atoms with Gasteiger partial charge in [-0.25, -0.2) is 9.78 Å². The number of carboxylic acid groups (broad SMARTS) is 1. The maximum atomic E-state index is 11.1. The molecule has 0 unspecified atom stereocenters. The van der Waals surface area contributed by atoms with Crippen molar-refractivity contribution in [3.63, 3.8) is 0 Å². The largest absolute Gasteiger partial charge is 0.478 e. The first kappa shape index (κ1) is 12.6. The second kappa shape index (κ2) is 5.18. The number of carboxylic acids is 1. The second-order valence-corrected chi connectivity index (χ2v) is 4.70. The quantitative estimate of drug-likeness (QED) is 0.909. The summed E-state index contributed by atoms with van der Waals surface area (Å²) in [5.74, 6) is -0.646. The van der Waals surface area contributed by atoms with Gasteiger partial charge in [0, 0.05) is 15.9 Å². The van der Waals surface area contributed by atoms with Gasteiger partial charge >= 0.3 is 5.97 Å². The van der Waals surface area contributed by atoms with Crippen LogP contribution in [0.3, 0.4) is 0 Å². The van der Waals surface area contributed by atoms with Gasteiger partial charge in [0.15, 0.2) is 0 Å². The van der Waals surface area contributed by atoms with Crippen LogP contribution in [0.25, 0.3) is 0 Å². The van der Waals surface area contributed by atoms with Crippen molar-refractivity contribution in [2.45, 2.75) is 6.92 Å². The van der Waals surface area contributed by atoms with Crippen molar-refractivity contribution in [1.29, 1.82) is 0 Å². The number of hydrogen-bond donors (Lipinski definition) is 2. The molecule has 0 aliphatic rings. The molecule has 5 heteroatoms. The SMILES string of the molecule is Cc1ccc(C(=O)O)c(Nc2ccc(Br)cc2)n1. The molecule has 2 rings (SSSR count). The third-order valence-corrected chi connectivity index (χ3v) is 2.90. The van der Waals surface area contributed by atoms with Gasteiger partial charge in [0.1, 0.15) is 11.4 Å². The van der Waals surface area contributed by atoms with Gasteiger partial charge in [-0.1, -0.05) is 15.9 Å². The van der Waals surface area contributed by atoms with Crippen LogP contribution >= 0.6 is 15.9 Å². The minimum atomic E-state index is -0.998. The Labute approximate surface area is 113 Å². The summed E-state index contributed by atoms with van der Waals surface area (Å²) >= 11 is 3.34. The molecule has 2 N–H and O–H groups in total. The van der Waals surface area contributed by atoms with E-state index in [0.29, 0.717) is 5.82 Å². The Morgan fingerprint density at radius 1 is 1.22 bits per heavy atom. The highest BCUT2D eigenvalue weighted by atomic mass is 79.9. The summed E-state index contributed by atoms with van der Waals surface area (Å²) in [6.45, 7) is 1.82. The Hall–Kier alpha value is -1.88. The standard InChI is InChI=1S/C13H11BrN2O2/c1-8-2-7-11(13(17)18)12(15-8)16-10-5-3-9(14)4-6-10/h2-7H,1H3,(H,15,16)(H,17,18). The van der Waals surface area contributed by atoms with E-state index in [-0.39, 0.29) is 5.56 Å². The third-order valence-electron chi connectivity index (χ3n) is 2.37. The Morgan fingerprint density at radius 2 is 1.89 bits per heavy atom. The molecule has 1 aromatic carbocycles. The minimum Gasteiger partial charge on any atom is -0.478 e. The van der Waals surface area contributed by atoms with Crippen LogP contribution in [-0.2, 0) is 0 Å². The Bertz CT molecular complexity index is 582. The van der Waals surface area contributed by atoms with Crippen LogP contribution in [0.1, 0.15) is 16.1 Å². The van der Waals surface area contributed by atoms with Gasteiger partial charge in [-0.3, -0.25) is 0 Å². The number of pyridine rings is 1. The highest BCUT2D eigenvalue weighted by molar-refractivity contribution is 9.10. The number of nitrogens with zero attached hydrogens (tertiary/aromatic N) is 1. The van der Waals surface area contributed by atoms with E-state index < -0.39 is 5.97 Å². The summed E-state index contributed by atoms with van der Waals surface area (Å²) in [5, 5.41) is 12.1. The molecular weight excluding hydrogens is 296 g/mol. The molecule has 0 aliphatic carbocycles. The maximum absolute atomic E-state index is 11.1. The molecule has 0 radical (unpaired) electrons. The maximum Gasteiger partial charge on any atom is 0.339 e. The molecule has 0 saturated carbocycles. The predicted octanol–water partition coefficient (Wildman–Crippen LogP) is 3.59. The fourth-order valence-electron chi connectivity index (χ4n) is 1.49. The minimum absolute atomic E-state index is 0.156. The van der Waals surface area contributed by atoms with Crippen LogP contribution in [0, 0.1) is 6.92 Å². The van der Waals surface area contributed by atoms with Crippen molar-refractivity contribution in [1.82, 2.24) is 4.98 Å². The highest BCUT2D eigenvalue weighted by Gasteiger charge is 2.11. The Kier molecular flexibility index (Phi) is 3.62. The summed E-state index contributed by atoms with van der Waals surface area (Å²) in [5.41, 5.74) is 1.71. The number of aromatic nitrogens is 1. The number of aryl methyl sites for hydroxylation is 1. The molecule has 1 aromatic heterocycles. The Morgan fingerprint density at radius 3 is 2.50 bits per heavy atom. The number of carbonyl (C=O) groups is 1. The number of benzene rings is 1. The molecule has 0 saturated heterocycles. The molecule has 0 aliphatic heterocycles. The summed E-state index contributed by atoms with van der Waals surface area (Å²) in [6, 6.07) is 10.7. The number of hydrogen-bond acceptors (Lipinski definition) is 3. The van der Waals surface area contributed by atoms with Gasteiger partial charge in [-0.05, 0) is 43.3 Å². The molecular formula is C13H11BrN2O2. The average molecular weight is 307 g/mol. The Balaban J connectivity index is 2.35. The van der Waals surface area contributed by atoms with E-state index in [9.17, 15) is 4.79 Å². The lowest BCUT2D eigenvalue weighted by Crippen LogP contribution is -2.05. The molecule has 0 bridgehead atoms. The van der Waals surface area contributed by atoms with E-state index >= 15 is 0 Å². The molecule has 4 nitrogen and oxygen atoms in total. The summed E-state index contributed by atoms with van der Waals surface area (Å²) < 4.78 is 0.962. The van der Waals surface area contributed by atoms with Crippen LogP contribution in [0.5, 0.6) is 0 Å². The average Bonchev–Trinajstić information content (AvgIpc) is 2.32. The third kappa shape index (κ3) is 2.87. The topological polar surface area (TPSA) is 62.2 Å². The van der Waals surface area contributed by atoms with Crippen LogP contribution in [0.15, 0.2) is 40.9 Å². The van der Waals surface area contributed by atoms with E-state index in [2.05, 4.69) is 26.2 Å². The second-order valence-electron chi connectivity index (χ2n) is 3.79. The smallest absolute Gasteiger partial charge is 0.339 e. The van der Waals surface area contributed by atoms with Crippen LogP contribution in [0.2, 0.25) is 0 Å². The van der Waals surface area contributed by atoms with Gasteiger partial charge < -0.3 is 10.4 Å². The molecule has 0 spiro atoms. The fraction of sp³-hybridized carbons (Fsp3) is 0.0769. The van der Waals surface area contributed by atoms with Gasteiger partial charge in [-0.2, -0.15) is 0 Å². The first-order chi connectivity index (χ1) is 8.56. The first-order valence-electron chi connectivity index (χ1n) is 5.30. The molecule has 18 heavy (non-hydrogen) atoms. The molecule has 0 atom stereocenters. The fourth-order valence-corrected chi connectivity index (χ4v) is 1.76. The zero-order valence-electron chi connectivity index (χ0n) is 9.64. The lowest BCUT2D eigenvalue weighted by atomic mass is 10.2. The zero-order valence-corrected chi connectivity index (χ0v) is 11.2. The van der Waals surface area contributed by atoms with Crippen LogP contribution in [0.4, 0.5) is 11.5 Å². The zero-order chi connectivity index (χ0) is 13.1. The number of aromatic carboxylic acids is 1. The lowest BCUT2D eigenvalue weighted by Gasteiger charge is -2.09. The number of anilines is 2. The predicted molar refractivity (Wildman–Crippen MR) is 73.4 cm³/mol. The van der Waals surface area contributed by atoms with E-state index in [1.54, 1.807) is 12.1 Å². The van der Waals surface area contributed by atoms with Crippen molar-refractivity contribution in [2.24, 2.45) is 0 Å². The van der Waals surface area contributed by atoms with E-state index in [1.807, 2.05) is 31.2 Å². The van der Waals surface area contributed by atoms with Gasteiger partial charge in [0.25, 0.3) is 0 Å². The monoisotopic (exact) mass is 306 g/mol. The van der Waals surface area contributed by atoms with Crippen molar-refractivity contribution in [2.75, 3.05) is 5.32 Å². The first-order valence-corrected chi connectivity index (χ1v) is 6.09. The summed E-state index contributed by atoms with van der Waals surface area (Å²) in [6.07, 6.45) is 0. The molecule has 0 fully saturated rings. The number of halogens is 1. The normalized spacial score (nSPS) is 10.1. The number of rotatable bonds is 3. The van der Waals surface area contributed by atoms with Gasteiger partial charge in [0.05, 0.1) is 0 Å². The highest BCUT2D eigenvalue weighted by Crippen LogP contribution is 2.21. The lowest BCUT2D eigenvalue weighted by molar-refractivity contribution is 0.0697. The molecule has 1 heterocycles. The molecule has 92 valence electrons. The van der Waals surface area contributed by atoms with Crippen LogP contribution in [-0.4, -0.2) is 16.1 Å². The van der Waals surface area contributed by atoms with E-state index in [0.717, 1.165) is 15.9 Å². The van der Waals surface area contributed by atoms with Gasteiger partial charge in [-0.15, -0.1) is 0 Å². The van der Waals surface area contributed by atoms with Crippen molar-refractivity contribution < 1.29 is 9.90 Å². The van der Waals surface area contributed by atoms with E-state index in [1.165, 1.54) is 0 Å². The summed E-state index contributed by atoms with van der Waals surface area (Å²) in [7, 11) is 0. The van der Waals surface area contributed by atoms with E-state index in [4.69, 9.17) is 5.11 Å². The van der Waals surface area contributed by atoms with Crippen LogP contribution < -0.4 is 5.32 Å². The van der Waals surface area contributed by atoms with Gasteiger partial charge in [0.2, 0.25) is 0 Å². The van der Waals surface area contributed by atoms with Crippen molar-refractivity contribution in [3.05, 3.63) is 52.1 Å². The number of nitrogens with one attached hydrogen (secondary N) is 1. The summed E-state index contributed by atoms with van der Waals surface area (Å²) in [4.78, 5) is 15.3. The molecule has 2 aromatic rings. The van der Waals surface area contributed by atoms with Crippen molar-refractivity contribution in [3.8, 4) is 0 Å². The van der Waals surface area contributed by atoms with Crippen molar-refractivity contribution >= 4 is 33.4 Å². The molecule has 0 amide bonds.